The highest BCUT2D eigenvalue weighted by atomic mass is 14.9. The average Bonchev–Trinajstić information content (AvgIpc) is 2.58. The number of benzene rings is 3. The van der Waals surface area contributed by atoms with E-state index >= 15 is 0 Å². The number of nitrogens with one attached hydrogen (secondary N) is 2. The molecular formula is C19H15N3. The first-order valence-corrected chi connectivity index (χ1v) is 7.03. The third kappa shape index (κ3) is 3.25. The van der Waals surface area contributed by atoms with Gasteiger partial charge in [0.2, 0.25) is 0 Å². The van der Waals surface area contributed by atoms with E-state index in [2.05, 4.69) is 16.7 Å². The van der Waals surface area contributed by atoms with Crippen LogP contribution in [0.1, 0.15) is 5.56 Å². The van der Waals surface area contributed by atoms with E-state index in [4.69, 9.17) is 0 Å². The normalized spacial score (nSPS) is 9.77. The van der Waals surface area contributed by atoms with Crippen LogP contribution in [0.25, 0.3) is 0 Å². The molecule has 0 aromatic heterocycles. The molecule has 106 valence electrons. The van der Waals surface area contributed by atoms with E-state index in [0.717, 1.165) is 22.7 Å². The highest BCUT2D eigenvalue weighted by Gasteiger charge is 2.04. The first kappa shape index (κ1) is 13.7. The molecule has 2 N–H and O–H groups in total. The lowest BCUT2D eigenvalue weighted by molar-refractivity contribution is 1.45. The summed E-state index contributed by atoms with van der Waals surface area (Å²) in [5.41, 5.74) is 4.25. The van der Waals surface area contributed by atoms with Crippen molar-refractivity contribution in [2.24, 2.45) is 0 Å². The van der Waals surface area contributed by atoms with Crippen LogP contribution in [0, 0.1) is 11.3 Å². The zero-order chi connectivity index (χ0) is 15.2. The highest BCUT2D eigenvalue weighted by molar-refractivity contribution is 5.72. The molecule has 0 unspecified atom stereocenters. The molecule has 0 saturated carbocycles. The first-order chi connectivity index (χ1) is 10.8. The Kier molecular flexibility index (Phi) is 4.03. The van der Waals surface area contributed by atoms with Crippen molar-refractivity contribution < 1.29 is 0 Å². The molecule has 3 aromatic carbocycles. The van der Waals surface area contributed by atoms with Gasteiger partial charge in [0.1, 0.15) is 6.07 Å². The van der Waals surface area contributed by atoms with Crippen LogP contribution in [0.15, 0.2) is 78.9 Å². The van der Waals surface area contributed by atoms with Gasteiger partial charge in [0.25, 0.3) is 0 Å². The number of anilines is 4. The van der Waals surface area contributed by atoms with Crippen LogP contribution in [0.3, 0.4) is 0 Å². The molecule has 3 rings (SSSR count). The van der Waals surface area contributed by atoms with Crippen LogP contribution in [0.4, 0.5) is 22.7 Å². The minimum absolute atomic E-state index is 0.602. The molecule has 22 heavy (non-hydrogen) atoms. The number of hydrogen-bond acceptors (Lipinski definition) is 3. The monoisotopic (exact) mass is 285 g/mol. The summed E-state index contributed by atoms with van der Waals surface area (Å²) in [4.78, 5) is 0. The zero-order valence-electron chi connectivity index (χ0n) is 12.0. The van der Waals surface area contributed by atoms with Crippen molar-refractivity contribution in [2.45, 2.75) is 0 Å². The van der Waals surface area contributed by atoms with E-state index in [0.29, 0.717) is 5.56 Å². The van der Waals surface area contributed by atoms with E-state index in [9.17, 15) is 5.26 Å². The van der Waals surface area contributed by atoms with Gasteiger partial charge >= 0.3 is 0 Å². The van der Waals surface area contributed by atoms with Gasteiger partial charge in [0, 0.05) is 17.1 Å². The summed E-state index contributed by atoms with van der Waals surface area (Å²) in [6, 6.07) is 27.7. The third-order valence-electron chi connectivity index (χ3n) is 3.26. The smallest absolute Gasteiger partial charge is 0.101 e. The summed E-state index contributed by atoms with van der Waals surface area (Å²) in [6.07, 6.45) is 0. The summed E-state index contributed by atoms with van der Waals surface area (Å²) >= 11 is 0. The summed E-state index contributed by atoms with van der Waals surface area (Å²) in [6.45, 7) is 0. The van der Waals surface area contributed by atoms with Gasteiger partial charge in [-0.3, -0.25) is 0 Å². The Morgan fingerprint density at radius 2 is 1.23 bits per heavy atom. The second-order valence-corrected chi connectivity index (χ2v) is 4.85. The fourth-order valence-electron chi connectivity index (χ4n) is 2.19. The molecule has 0 aliphatic rings. The molecular weight excluding hydrogens is 270 g/mol. The molecule has 0 radical (unpaired) electrons. The molecule has 0 amide bonds. The maximum absolute atomic E-state index is 9.37. The molecule has 0 aliphatic carbocycles. The van der Waals surface area contributed by atoms with Crippen LogP contribution in [0.5, 0.6) is 0 Å². The lowest BCUT2D eigenvalue weighted by Gasteiger charge is -2.11. The molecule has 3 aromatic rings. The Hall–Kier alpha value is -3.25. The molecule has 3 nitrogen and oxygen atoms in total. The van der Waals surface area contributed by atoms with Crippen LogP contribution in [-0.4, -0.2) is 0 Å². The average molecular weight is 285 g/mol. The van der Waals surface area contributed by atoms with Crippen LogP contribution >= 0.6 is 0 Å². The van der Waals surface area contributed by atoms with E-state index in [1.807, 2.05) is 78.9 Å². The second-order valence-electron chi connectivity index (χ2n) is 4.85. The predicted molar refractivity (Wildman–Crippen MR) is 90.6 cm³/mol. The van der Waals surface area contributed by atoms with E-state index in [1.165, 1.54) is 0 Å². The number of hydrogen-bond donors (Lipinski definition) is 2. The fourth-order valence-corrected chi connectivity index (χ4v) is 2.19. The molecule has 0 aliphatic heterocycles. The van der Waals surface area contributed by atoms with Gasteiger partial charge in [-0.05, 0) is 42.5 Å². The van der Waals surface area contributed by atoms with Gasteiger partial charge in [-0.15, -0.1) is 0 Å². The number of nitriles is 1. The van der Waals surface area contributed by atoms with Crippen LogP contribution in [0.2, 0.25) is 0 Å². The Balaban J connectivity index is 1.83. The molecule has 0 saturated heterocycles. The minimum atomic E-state index is 0.602. The first-order valence-electron chi connectivity index (χ1n) is 7.03. The Morgan fingerprint density at radius 1 is 0.636 bits per heavy atom. The van der Waals surface area contributed by atoms with Gasteiger partial charge in [-0.1, -0.05) is 36.4 Å². The van der Waals surface area contributed by atoms with Crippen molar-refractivity contribution in [3.8, 4) is 6.07 Å². The number of rotatable bonds is 4. The maximum Gasteiger partial charge on any atom is 0.101 e. The van der Waals surface area contributed by atoms with E-state index < -0.39 is 0 Å². The van der Waals surface area contributed by atoms with Gasteiger partial charge in [0.15, 0.2) is 0 Å². The Bertz CT molecular complexity index is 790. The van der Waals surface area contributed by atoms with Crippen LogP contribution < -0.4 is 10.6 Å². The number of nitrogens with zero attached hydrogens (tertiary/aromatic N) is 1. The summed E-state index contributed by atoms with van der Waals surface area (Å²) in [5.74, 6) is 0. The summed E-state index contributed by atoms with van der Waals surface area (Å²) < 4.78 is 0. The van der Waals surface area contributed by atoms with Crippen LogP contribution in [-0.2, 0) is 0 Å². The zero-order valence-corrected chi connectivity index (χ0v) is 12.0. The fraction of sp³-hybridized carbons (Fsp3) is 0. The van der Waals surface area contributed by atoms with Crippen molar-refractivity contribution in [2.75, 3.05) is 10.6 Å². The molecule has 3 heteroatoms. The molecule has 0 heterocycles. The van der Waals surface area contributed by atoms with E-state index in [-0.39, 0.29) is 0 Å². The molecule has 0 bridgehead atoms. The SMILES string of the molecule is N#Cc1cc(Nc2ccccc2)ccc1Nc1ccccc1. The number of para-hydroxylation sites is 2. The van der Waals surface area contributed by atoms with Crippen molar-refractivity contribution in [3.63, 3.8) is 0 Å². The Morgan fingerprint density at radius 3 is 1.82 bits per heavy atom. The topological polar surface area (TPSA) is 47.9 Å². The molecule has 0 atom stereocenters. The predicted octanol–water partition coefficient (Wildman–Crippen LogP) is 5.05. The van der Waals surface area contributed by atoms with E-state index in [1.54, 1.807) is 0 Å². The summed E-state index contributed by atoms with van der Waals surface area (Å²) in [5, 5.41) is 15.9. The second kappa shape index (κ2) is 6.47. The molecule has 0 spiro atoms. The summed E-state index contributed by atoms with van der Waals surface area (Å²) in [7, 11) is 0. The maximum atomic E-state index is 9.37. The highest BCUT2D eigenvalue weighted by Crippen LogP contribution is 2.25. The Labute approximate surface area is 129 Å². The van der Waals surface area contributed by atoms with Crippen molar-refractivity contribution in [1.82, 2.24) is 0 Å². The minimum Gasteiger partial charge on any atom is -0.355 e. The lowest BCUT2D eigenvalue weighted by atomic mass is 10.1. The van der Waals surface area contributed by atoms with Gasteiger partial charge in [-0.2, -0.15) is 5.26 Å². The van der Waals surface area contributed by atoms with Crippen molar-refractivity contribution in [1.29, 1.82) is 5.26 Å². The van der Waals surface area contributed by atoms with Gasteiger partial charge < -0.3 is 10.6 Å². The van der Waals surface area contributed by atoms with Crippen molar-refractivity contribution >= 4 is 22.7 Å². The quantitative estimate of drug-likeness (QED) is 0.705. The van der Waals surface area contributed by atoms with Gasteiger partial charge in [-0.25, -0.2) is 0 Å². The van der Waals surface area contributed by atoms with Crippen molar-refractivity contribution in [3.05, 3.63) is 84.4 Å². The van der Waals surface area contributed by atoms with Gasteiger partial charge in [0.05, 0.1) is 11.3 Å². The standard InChI is InChI=1S/C19H15N3/c20-14-15-13-18(21-16-7-3-1-4-8-16)11-12-19(15)22-17-9-5-2-6-10-17/h1-13,21-22H. The largest absolute Gasteiger partial charge is 0.355 e. The molecule has 0 fully saturated rings. The third-order valence-corrected chi connectivity index (χ3v) is 3.26. The lowest BCUT2D eigenvalue weighted by Crippen LogP contribution is -1.96.